The maximum absolute atomic E-state index is 12.4. The molecule has 0 aliphatic rings. The molecule has 0 radical (unpaired) electrons. The topological polar surface area (TPSA) is 171 Å². The Balaban J connectivity index is 1.86. The van der Waals surface area contributed by atoms with E-state index in [1.54, 1.807) is 0 Å². The van der Waals surface area contributed by atoms with Crippen LogP contribution in [0.4, 0.5) is 0 Å². The van der Waals surface area contributed by atoms with Gasteiger partial charge in [0.15, 0.2) is 0 Å². The highest BCUT2D eigenvalue weighted by Gasteiger charge is 2.22. The van der Waals surface area contributed by atoms with Crippen LogP contribution in [0.5, 0.6) is 11.5 Å². The largest absolute Gasteiger partial charge is 0.505 e. The number of phosphoric acid groups is 1. The molecular weight excluding hydrogens is 694 g/mol. The smallest absolute Gasteiger partial charge is 0.472 e. The van der Waals surface area contributed by atoms with E-state index in [-0.39, 0.29) is 46.4 Å². The second-order valence-electron chi connectivity index (χ2n) is 11.4. The highest BCUT2D eigenvalue weighted by atomic mass is 35.5. The average molecular weight is 742 g/mol. The van der Waals surface area contributed by atoms with Crippen LogP contribution < -0.4 is 0 Å². The van der Waals surface area contributed by atoms with Gasteiger partial charge in [0.1, 0.15) is 22.6 Å². The number of allylic oxidation sites excluding steroid dienone is 4. The van der Waals surface area contributed by atoms with Crippen LogP contribution in [-0.2, 0) is 13.6 Å². The van der Waals surface area contributed by atoms with Crippen LogP contribution in [0.25, 0.3) is 5.57 Å². The number of phenols is 2. The summed E-state index contributed by atoms with van der Waals surface area (Å²) in [5, 5.41) is 38.7. The molecule has 0 spiro atoms. The summed E-state index contributed by atoms with van der Waals surface area (Å²) in [7, 11) is -4.36. The number of benzene rings is 2. The molecule has 0 saturated heterocycles. The molecule has 0 bridgehead atoms. The summed E-state index contributed by atoms with van der Waals surface area (Å²) >= 11 is 12.2. The second-order valence-corrected chi connectivity index (χ2v) is 13.7. The zero-order valence-corrected chi connectivity index (χ0v) is 30.2. The summed E-state index contributed by atoms with van der Waals surface area (Å²) in [4.78, 5) is 33.5. The first kappa shape index (κ1) is 42.1. The Hall–Kier alpha value is -3.11. The summed E-state index contributed by atoms with van der Waals surface area (Å²) in [5.41, 5.74) is -0.471. The summed E-state index contributed by atoms with van der Waals surface area (Å²) in [6.45, 7) is 1.98. The van der Waals surface area contributed by atoms with Crippen molar-refractivity contribution in [2.45, 2.75) is 90.4 Å². The molecule has 2 aromatic carbocycles. The second kappa shape index (κ2) is 22.6. The van der Waals surface area contributed by atoms with Crippen LogP contribution in [0.3, 0.4) is 0 Å². The number of carboxylic acid groups (broad SMARTS) is 2. The van der Waals surface area contributed by atoms with Crippen molar-refractivity contribution in [1.29, 1.82) is 0 Å². The maximum atomic E-state index is 12.4. The Morgan fingerprint density at radius 1 is 0.694 bits per heavy atom. The number of halogens is 2. The highest BCUT2D eigenvalue weighted by Crippen LogP contribution is 2.44. The molecular formula is C36H47Cl2O10P. The van der Waals surface area contributed by atoms with Gasteiger partial charge < -0.3 is 25.3 Å². The van der Waals surface area contributed by atoms with Gasteiger partial charge in [0, 0.05) is 0 Å². The van der Waals surface area contributed by atoms with Crippen LogP contribution >= 0.6 is 31.0 Å². The van der Waals surface area contributed by atoms with Crippen LogP contribution in [0, 0.1) is 0 Å². The first-order chi connectivity index (χ1) is 23.4. The van der Waals surface area contributed by atoms with E-state index in [4.69, 9.17) is 32.2 Å². The third-order valence-corrected chi connectivity index (χ3v) is 9.12. The van der Waals surface area contributed by atoms with Crippen molar-refractivity contribution < 1.29 is 48.5 Å². The molecule has 1 unspecified atom stereocenters. The Labute approximate surface area is 298 Å². The molecule has 0 fully saturated rings. The first-order valence-electron chi connectivity index (χ1n) is 16.5. The zero-order valence-electron chi connectivity index (χ0n) is 27.8. The Bertz CT molecular complexity index is 1450. The van der Waals surface area contributed by atoms with Crippen molar-refractivity contribution in [3.63, 3.8) is 0 Å². The van der Waals surface area contributed by atoms with Crippen molar-refractivity contribution in [3.05, 3.63) is 86.9 Å². The van der Waals surface area contributed by atoms with E-state index in [1.165, 1.54) is 37.5 Å². The fourth-order valence-corrected chi connectivity index (χ4v) is 6.13. The minimum atomic E-state index is -4.36. The summed E-state index contributed by atoms with van der Waals surface area (Å²) in [5.74, 6) is -4.24. The van der Waals surface area contributed by atoms with Crippen molar-refractivity contribution in [2.75, 3.05) is 13.2 Å². The molecule has 0 amide bonds. The standard InChI is InChI=1S/C36H47Cl2O10P/c1-2-3-4-5-6-7-8-9-10-11-12-13-14-15-16-17-20-47-49(45,46)48-21-18-19-28(26-22-29(35(41)42)33(39)31(37)24-26)27-23-30(36(43)44)34(40)32(38)25-27/h6-7,9-10,19,22-25,39-40H,2-5,8,11-18,20-21H2,1H3,(H,41,42)(H,43,44)(H,45,46)/b7-6+,10-9+. The van der Waals surface area contributed by atoms with Crippen LogP contribution in [0.2, 0.25) is 10.0 Å². The number of carboxylic acids is 2. The van der Waals surface area contributed by atoms with Gasteiger partial charge in [-0.2, -0.15) is 0 Å². The lowest BCUT2D eigenvalue weighted by Gasteiger charge is -2.15. The Morgan fingerprint density at radius 3 is 1.67 bits per heavy atom. The zero-order chi connectivity index (χ0) is 36.2. The molecule has 13 heteroatoms. The van der Waals surface area contributed by atoms with E-state index in [0.717, 1.165) is 63.5 Å². The minimum Gasteiger partial charge on any atom is -0.505 e. The Morgan fingerprint density at radius 2 is 1.16 bits per heavy atom. The fourth-order valence-electron chi connectivity index (χ4n) is 4.92. The van der Waals surface area contributed by atoms with Crippen LogP contribution in [0.15, 0.2) is 54.6 Å². The van der Waals surface area contributed by atoms with Crippen molar-refractivity contribution >= 4 is 48.5 Å². The predicted molar refractivity (Wildman–Crippen MR) is 193 cm³/mol. The van der Waals surface area contributed by atoms with Gasteiger partial charge in [-0.15, -0.1) is 0 Å². The summed E-state index contributed by atoms with van der Waals surface area (Å²) in [6, 6.07) is 4.79. The lowest BCUT2D eigenvalue weighted by atomic mass is 9.93. The molecule has 0 saturated carbocycles. The highest BCUT2D eigenvalue weighted by molar-refractivity contribution is 7.47. The van der Waals surface area contributed by atoms with Gasteiger partial charge in [-0.3, -0.25) is 9.05 Å². The number of hydrogen-bond donors (Lipinski definition) is 5. The number of rotatable bonds is 24. The number of aromatic hydroxyl groups is 2. The molecule has 10 nitrogen and oxygen atoms in total. The van der Waals surface area contributed by atoms with Gasteiger partial charge in [0.25, 0.3) is 0 Å². The number of carbonyl (C=O) groups is 2. The van der Waals surface area contributed by atoms with Gasteiger partial charge in [-0.05, 0) is 85.9 Å². The maximum Gasteiger partial charge on any atom is 0.472 e. The molecule has 2 rings (SSSR count). The quantitative estimate of drug-likeness (QED) is 0.0396. The monoisotopic (exact) mass is 740 g/mol. The number of unbranched alkanes of at least 4 members (excludes halogenated alkanes) is 9. The van der Waals surface area contributed by atoms with Crippen molar-refractivity contribution in [1.82, 2.24) is 0 Å². The van der Waals surface area contributed by atoms with Crippen LogP contribution in [0.1, 0.15) is 122 Å². The molecule has 0 aliphatic carbocycles. The number of aromatic carboxylic acids is 2. The van der Waals surface area contributed by atoms with Crippen LogP contribution in [-0.4, -0.2) is 50.5 Å². The fraction of sp³-hybridized carbons (Fsp3) is 0.444. The first-order valence-corrected chi connectivity index (χ1v) is 18.8. The normalized spacial score (nSPS) is 12.8. The molecule has 1 atom stereocenters. The lowest BCUT2D eigenvalue weighted by molar-refractivity contribution is 0.0682. The third-order valence-electron chi connectivity index (χ3n) is 7.53. The summed E-state index contributed by atoms with van der Waals surface area (Å²) < 4.78 is 22.6. The average Bonchev–Trinajstić information content (AvgIpc) is 3.04. The molecule has 270 valence electrons. The van der Waals surface area contributed by atoms with Gasteiger partial charge >= 0.3 is 19.8 Å². The molecule has 2 aromatic rings. The molecule has 5 N–H and O–H groups in total. The minimum absolute atomic E-state index is 0.00399. The molecule has 0 aliphatic heterocycles. The Kier molecular flexibility index (Phi) is 19.4. The summed E-state index contributed by atoms with van der Waals surface area (Å²) in [6.07, 6.45) is 23.2. The van der Waals surface area contributed by atoms with Gasteiger partial charge in [-0.25, -0.2) is 14.2 Å². The van der Waals surface area contributed by atoms with E-state index in [0.29, 0.717) is 6.42 Å². The van der Waals surface area contributed by atoms with E-state index >= 15 is 0 Å². The molecule has 49 heavy (non-hydrogen) atoms. The molecule has 0 aromatic heterocycles. The molecule has 0 heterocycles. The number of hydrogen-bond acceptors (Lipinski definition) is 7. The SMILES string of the molecule is CCCCC/C=C/C/C=C/CCCCCCCCOP(=O)(O)OCCC=C(c1cc(Cl)c(O)c(C(=O)O)c1)c1cc(Cl)c(O)c(C(=O)O)c1. The van der Waals surface area contributed by atoms with Gasteiger partial charge in [-0.1, -0.05) is 99.0 Å². The van der Waals surface area contributed by atoms with Gasteiger partial charge in [0.05, 0.1) is 23.3 Å². The van der Waals surface area contributed by atoms with E-state index in [1.807, 2.05) is 0 Å². The van der Waals surface area contributed by atoms with E-state index in [2.05, 4.69) is 31.2 Å². The lowest BCUT2D eigenvalue weighted by Crippen LogP contribution is -2.02. The van der Waals surface area contributed by atoms with E-state index < -0.39 is 42.4 Å². The van der Waals surface area contributed by atoms with Crippen molar-refractivity contribution in [3.8, 4) is 11.5 Å². The number of phosphoric ester groups is 1. The van der Waals surface area contributed by atoms with E-state index in [9.17, 15) is 39.5 Å². The predicted octanol–water partition coefficient (Wildman–Crippen LogP) is 10.6. The van der Waals surface area contributed by atoms with Crippen molar-refractivity contribution in [2.24, 2.45) is 0 Å². The van der Waals surface area contributed by atoms with Gasteiger partial charge in [0.2, 0.25) is 0 Å². The third kappa shape index (κ3) is 15.5.